The van der Waals surface area contributed by atoms with Gasteiger partial charge < -0.3 is 14.9 Å². The number of hydrogen-bond acceptors (Lipinski definition) is 6. The summed E-state index contributed by atoms with van der Waals surface area (Å²) in [7, 11) is 0. The molecular weight excluding hydrogens is 288 g/mol. The normalized spacial score (nSPS) is 10.4. The van der Waals surface area contributed by atoms with Gasteiger partial charge in [-0.05, 0) is 30.8 Å². The molecule has 0 unspecified atom stereocenters. The van der Waals surface area contributed by atoms with Crippen molar-refractivity contribution >= 4 is 35.0 Å². The smallest absolute Gasteiger partial charge is 0.339 e. The lowest BCUT2D eigenvalue weighted by atomic mass is 10.2. The molecule has 0 spiro atoms. The van der Waals surface area contributed by atoms with E-state index in [1.807, 2.05) is 0 Å². The summed E-state index contributed by atoms with van der Waals surface area (Å²) in [6, 6.07) is 3.09. The van der Waals surface area contributed by atoms with E-state index >= 15 is 0 Å². The third kappa shape index (κ3) is 3.21. The molecule has 1 heterocycles. The number of esters is 1. The van der Waals surface area contributed by atoms with Crippen LogP contribution in [0.2, 0.25) is 5.02 Å². The predicted octanol–water partition coefficient (Wildman–Crippen LogP) is 3.24. The van der Waals surface area contributed by atoms with E-state index in [0.717, 1.165) is 11.8 Å². The van der Waals surface area contributed by atoms with Gasteiger partial charge in [-0.3, -0.25) is 0 Å². The van der Waals surface area contributed by atoms with E-state index in [2.05, 4.69) is 4.98 Å². The number of carbonyl (C=O) groups excluding carboxylic acids is 1. The maximum atomic E-state index is 11.9. The Bertz CT molecular complexity index is 587. The highest BCUT2D eigenvalue weighted by atomic mass is 35.5. The van der Waals surface area contributed by atoms with Crippen LogP contribution >= 0.6 is 23.4 Å². The van der Waals surface area contributed by atoms with Gasteiger partial charge in [0.25, 0.3) is 5.22 Å². The quantitative estimate of drug-likeness (QED) is 0.689. The van der Waals surface area contributed by atoms with Crippen molar-refractivity contribution in [1.29, 1.82) is 0 Å². The van der Waals surface area contributed by atoms with Gasteiger partial charge in [0.15, 0.2) is 0 Å². The summed E-state index contributed by atoms with van der Waals surface area (Å²) >= 11 is 7.26. The predicted molar refractivity (Wildman–Crippen MR) is 72.4 cm³/mol. The van der Waals surface area contributed by atoms with Gasteiger partial charge in [0.2, 0.25) is 0 Å². The first-order chi connectivity index (χ1) is 9.11. The SMILES string of the molecule is CCOC(=O)c1cc(N)cc(Cl)c1Sc1ncco1. The highest BCUT2D eigenvalue weighted by molar-refractivity contribution is 7.99. The monoisotopic (exact) mass is 298 g/mol. The van der Waals surface area contributed by atoms with Gasteiger partial charge in [-0.15, -0.1) is 0 Å². The third-order valence-electron chi connectivity index (χ3n) is 2.16. The summed E-state index contributed by atoms with van der Waals surface area (Å²) in [5.41, 5.74) is 6.39. The number of rotatable bonds is 4. The Hall–Kier alpha value is -1.66. The number of oxazole rings is 1. The highest BCUT2D eigenvalue weighted by Gasteiger charge is 2.19. The standard InChI is InChI=1S/C12H11ClN2O3S/c1-2-17-11(16)8-5-7(14)6-9(13)10(8)19-12-15-3-4-18-12/h3-6H,2,14H2,1H3. The molecule has 0 amide bonds. The minimum Gasteiger partial charge on any atom is -0.462 e. The van der Waals surface area contributed by atoms with Gasteiger partial charge >= 0.3 is 5.97 Å². The largest absolute Gasteiger partial charge is 0.462 e. The molecule has 0 aliphatic rings. The number of anilines is 1. The van der Waals surface area contributed by atoms with Crippen molar-refractivity contribution in [3.63, 3.8) is 0 Å². The summed E-state index contributed by atoms with van der Waals surface area (Å²) in [6.45, 7) is 2.00. The van der Waals surface area contributed by atoms with Crippen LogP contribution in [0.15, 0.2) is 39.1 Å². The summed E-state index contributed by atoms with van der Waals surface area (Å²) in [6.07, 6.45) is 2.95. The third-order valence-corrected chi connectivity index (χ3v) is 3.59. The molecule has 100 valence electrons. The average Bonchev–Trinajstić information content (AvgIpc) is 2.85. The average molecular weight is 299 g/mol. The second-order valence-electron chi connectivity index (χ2n) is 3.50. The lowest BCUT2D eigenvalue weighted by Gasteiger charge is -2.10. The molecule has 0 aliphatic heterocycles. The number of hydrogen-bond donors (Lipinski definition) is 1. The molecule has 19 heavy (non-hydrogen) atoms. The zero-order valence-electron chi connectivity index (χ0n) is 10.1. The van der Waals surface area contributed by atoms with E-state index in [-0.39, 0.29) is 6.61 Å². The lowest BCUT2D eigenvalue weighted by Crippen LogP contribution is -2.07. The minimum atomic E-state index is -0.481. The second kappa shape index (κ2) is 5.99. The van der Waals surface area contributed by atoms with Crippen molar-refractivity contribution in [2.24, 2.45) is 0 Å². The molecule has 0 atom stereocenters. The molecule has 2 N–H and O–H groups in total. The van der Waals surface area contributed by atoms with Crippen molar-refractivity contribution in [1.82, 2.24) is 4.98 Å². The molecule has 0 saturated heterocycles. The van der Waals surface area contributed by atoms with Gasteiger partial charge in [-0.25, -0.2) is 9.78 Å². The summed E-state index contributed by atoms with van der Waals surface area (Å²) in [4.78, 5) is 16.4. The summed E-state index contributed by atoms with van der Waals surface area (Å²) < 4.78 is 10.1. The van der Waals surface area contributed by atoms with Crippen molar-refractivity contribution in [2.45, 2.75) is 17.0 Å². The van der Waals surface area contributed by atoms with Crippen LogP contribution in [0.5, 0.6) is 0 Å². The zero-order valence-corrected chi connectivity index (χ0v) is 11.6. The van der Waals surface area contributed by atoms with Crippen molar-refractivity contribution in [2.75, 3.05) is 12.3 Å². The number of nitrogen functional groups attached to an aromatic ring is 1. The van der Waals surface area contributed by atoms with Crippen LogP contribution < -0.4 is 5.73 Å². The van der Waals surface area contributed by atoms with Crippen LogP contribution in [0.4, 0.5) is 5.69 Å². The van der Waals surface area contributed by atoms with E-state index in [4.69, 9.17) is 26.5 Å². The van der Waals surface area contributed by atoms with E-state index < -0.39 is 5.97 Å². The van der Waals surface area contributed by atoms with Crippen molar-refractivity contribution < 1.29 is 13.9 Å². The molecule has 7 heteroatoms. The fraction of sp³-hybridized carbons (Fsp3) is 0.167. The molecule has 0 saturated carbocycles. The van der Waals surface area contributed by atoms with Crippen LogP contribution in [-0.4, -0.2) is 17.6 Å². The van der Waals surface area contributed by atoms with Crippen LogP contribution in [0.1, 0.15) is 17.3 Å². The zero-order chi connectivity index (χ0) is 13.8. The van der Waals surface area contributed by atoms with Gasteiger partial charge in [0, 0.05) is 5.69 Å². The van der Waals surface area contributed by atoms with Crippen LogP contribution in [0, 0.1) is 0 Å². The first-order valence-electron chi connectivity index (χ1n) is 5.45. The topological polar surface area (TPSA) is 78.4 Å². The van der Waals surface area contributed by atoms with Gasteiger partial charge in [0.1, 0.15) is 6.26 Å². The fourth-order valence-electron chi connectivity index (χ4n) is 1.43. The number of nitrogens with zero attached hydrogens (tertiary/aromatic N) is 1. The second-order valence-corrected chi connectivity index (χ2v) is 4.87. The Labute approximate surface area is 119 Å². The van der Waals surface area contributed by atoms with Crippen molar-refractivity contribution in [3.8, 4) is 0 Å². The van der Waals surface area contributed by atoms with Gasteiger partial charge in [-0.2, -0.15) is 0 Å². The first kappa shape index (κ1) is 13.8. The molecule has 1 aromatic heterocycles. The number of carbonyl (C=O) groups is 1. The molecule has 0 radical (unpaired) electrons. The summed E-state index contributed by atoms with van der Waals surface area (Å²) in [5.74, 6) is -0.481. The van der Waals surface area contributed by atoms with E-state index in [1.165, 1.54) is 18.5 Å². The molecule has 0 bridgehead atoms. The van der Waals surface area contributed by atoms with E-state index in [0.29, 0.717) is 26.4 Å². The number of nitrogens with two attached hydrogens (primary N) is 1. The number of aromatic nitrogens is 1. The molecule has 0 fully saturated rings. The fourth-order valence-corrected chi connectivity index (χ4v) is 2.57. The van der Waals surface area contributed by atoms with E-state index in [1.54, 1.807) is 13.0 Å². The van der Waals surface area contributed by atoms with Gasteiger partial charge in [-0.1, -0.05) is 11.6 Å². The molecule has 0 aliphatic carbocycles. The molecule has 2 rings (SSSR count). The Morgan fingerprint density at radius 1 is 1.58 bits per heavy atom. The summed E-state index contributed by atoms with van der Waals surface area (Å²) in [5, 5.41) is 0.739. The molecular formula is C12H11ClN2O3S. The number of halogens is 1. The Morgan fingerprint density at radius 2 is 2.37 bits per heavy atom. The molecule has 5 nitrogen and oxygen atoms in total. The number of ether oxygens (including phenoxy) is 1. The lowest BCUT2D eigenvalue weighted by molar-refractivity contribution is 0.0522. The van der Waals surface area contributed by atoms with Crippen LogP contribution in [-0.2, 0) is 4.74 Å². The Kier molecular flexibility index (Phi) is 4.34. The Balaban J connectivity index is 2.42. The van der Waals surface area contributed by atoms with Crippen LogP contribution in [0.25, 0.3) is 0 Å². The van der Waals surface area contributed by atoms with Gasteiger partial charge in [0.05, 0.1) is 28.3 Å². The number of benzene rings is 1. The first-order valence-corrected chi connectivity index (χ1v) is 6.64. The van der Waals surface area contributed by atoms with Crippen LogP contribution in [0.3, 0.4) is 0 Å². The molecule has 1 aromatic carbocycles. The molecule has 2 aromatic rings. The maximum Gasteiger partial charge on any atom is 0.339 e. The Morgan fingerprint density at radius 3 is 3.00 bits per heavy atom. The highest BCUT2D eigenvalue weighted by Crippen LogP contribution is 2.37. The van der Waals surface area contributed by atoms with Crippen molar-refractivity contribution in [3.05, 3.63) is 35.2 Å². The minimum absolute atomic E-state index is 0.272. The van der Waals surface area contributed by atoms with E-state index in [9.17, 15) is 4.79 Å². The maximum absolute atomic E-state index is 11.9.